The van der Waals surface area contributed by atoms with Gasteiger partial charge in [0.1, 0.15) is 0 Å². The summed E-state index contributed by atoms with van der Waals surface area (Å²) in [6.07, 6.45) is 4.13. The minimum absolute atomic E-state index is 0.0154. The van der Waals surface area contributed by atoms with Crippen molar-refractivity contribution >= 4 is 19.2 Å². The summed E-state index contributed by atoms with van der Waals surface area (Å²) in [5.74, 6) is 3.59. The molecular formula is C34H36O4Sn. The Balaban J connectivity index is 1.65. The van der Waals surface area contributed by atoms with Crippen LogP contribution in [-0.2, 0) is 6.15 Å². The second-order valence-corrected chi connectivity index (χ2v) is 19.4. The maximum absolute atomic E-state index is 7.40. The van der Waals surface area contributed by atoms with Crippen molar-refractivity contribution in [2.24, 2.45) is 0 Å². The van der Waals surface area contributed by atoms with Crippen LogP contribution in [-0.4, -0.2) is 32.4 Å². The van der Waals surface area contributed by atoms with E-state index < -0.39 is 19.2 Å². The molecule has 2 aliphatic rings. The van der Waals surface area contributed by atoms with Crippen LogP contribution in [0, 0.1) is 0 Å². The molecule has 0 saturated carbocycles. The number of benzene rings is 4. The first-order valence-corrected chi connectivity index (χ1v) is 19.9. The zero-order valence-electron chi connectivity index (χ0n) is 22.8. The Morgan fingerprint density at radius 1 is 0.513 bits per heavy atom. The molecule has 0 bridgehead atoms. The third-order valence-electron chi connectivity index (χ3n) is 7.82. The van der Waals surface area contributed by atoms with Crippen LogP contribution >= 0.6 is 0 Å². The zero-order valence-corrected chi connectivity index (χ0v) is 25.6. The predicted molar refractivity (Wildman–Crippen MR) is 157 cm³/mol. The van der Waals surface area contributed by atoms with Crippen LogP contribution in [0.15, 0.2) is 97.1 Å². The number of hydrogen-bond acceptors (Lipinski definition) is 4. The second-order valence-electron chi connectivity index (χ2n) is 10.3. The third-order valence-corrected chi connectivity index (χ3v) is 19.7. The SMILES string of the molecule is CCCC[O][Sn]([O]CCCC)([CH]1c2ccccc2Oc2ccccc21)[CH]1c2ccccc2Oc2ccccc21. The van der Waals surface area contributed by atoms with E-state index in [2.05, 4.69) is 111 Å². The van der Waals surface area contributed by atoms with Crippen LogP contribution in [0.25, 0.3) is 0 Å². The van der Waals surface area contributed by atoms with Crippen molar-refractivity contribution in [3.05, 3.63) is 119 Å². The number of rotatable bonds is 10. The van der Waals surface area contributed by atoms with Crippen molar-refractivity contribution in [3.8, 4) is 23.0 Å². The molecule has 0 unspecified atom stereocenters. The van der Waals surface area contributed by atoms with Gasteiger partial charge in [-0.3, -0.25) is 0 Å². The quantitative estimate of drug-likeness (QED) is 0.130. The van der Waals surface area contributed by atoms with Crippen LogP contribution in [0.4, 0.5) is 0 Å². The second kappa shape index (κ2) is 11.7. The molecule has 39 heavy (non-hydrogen) atoms. The molecule has 200 valence electrons. The van der Waals surface area contributed by atoms with E-state index in [1.54, 1.807) is 0 Å². The van der Waals surface area contributed by atoms with Crippen LogP contribution in [0.2, 0.25) is 0 Å². The maximum atomic E-state index is 7.40. The Bertz CT molecular complexity index is 1230. The third kappa shape index (κ3) is 4.88. The zero-order chi connectivity index (χ0) is 26.7. The summed E-state index contributed by atoms with van der Waals surface area (Å²) in [5.41, 5.74) is 4.67. The van der Waals surface area contributed by atoms with Gasteiger partial charge >= 0.3 is 238 Å². The fourth-order valence-electron chi connectivity index (χ4n) is 5.98. The number of para-hydroxylation sites is 4. The summed E-state index contributed by atoms with van der Waals surface area (Å²) in [5, 5.41) is 0. The Morgan fingerprint density at radius 3 is 1.13 bits per heavy atom. The van der Waals surface area contributed by atoms with Gasteiger partial charge in [0.15, 0.2) is 0 Å². The van der Waals surface area contributed by atoms with Crippen LogP contribution in [0.3, 0.4) is 0 Å². The minimum atomic E-state index is -4.35. The van der Waals surface area contributed by atoms with E-state index in [4.69, 9.17) is 15.6 Å². The van der Waals surface area contributed by atoms with Crippen molar-refractivity contribution in [1.82, 2.24) is 0 Å². The first-order valence-electron chi connectivity index (χ1n) is 14.3. The molecule has 0 atom stereocenters. The molecular weight excluding hydrogens is 591 g/mol. The summed E-state index contributed by atoms with van der Waals surface area (Å²) >= 11 is -4.35. The molecule has 4 nitrogen and oxygen atoms in total. The van der Waals surface area contributed by atoms with Crippen molar-refractivity contribution < 1.29 is 15.6 Å². The Labute approximate surface area is 236 Å². The molecule has 2 heterocycles. The summed E-state index contributed by atoms with van der Waals surface area (Å²) in [6, 6.07) is 33.8. The first-order chi connectivity index (χ1) is 19.3. The fraction of sp³-hybridized carbons (Fsp3) is 0.294. The van der Waals surface area contributed by atoms with Gasteiger partial charge in [-0.15, -0.1) is 0 Å². The van der Waals surface area contributed by atoms with Crippen molar-refractivity contribution in [2.75, 3.05) is 13.2 Å². The van der Waals surface area contributed by atoms with Crippen LogP contribution < -0.4 is 9.47 Å². The monoisotopic (exact) mass is 628 g/mol. The predicted octanol–water partition coefficient (Wildman–Crippen LogP) is 9.02. The Morgan fingerprint density at radius 2 is 0.821 bits per heavy atom. The number of fused-ring (bicyclic) bond motifs is 4. The summed E-state index contributed by atoms with van der Waals surface area (Å²) in [6.45, 7) is 5.80. The molecule has 0 aliphatic carbocycles. The molecule has 0 N–H and O–H groups in total. The van der Waals surface area contributed by atoms with Gasteiger partial charge in [0.05, 0.1) is 0 Å². The molecule has 6 rings (SSSR count). The number of hydrogen-bond donors (Lipinski definition) is 0. The van der Waals surface area contributed by atoms with Gasteiger partial charge in [-0.05, 0) is 0 Å². The summed E-state index contributed by atoms with van der Waals surface area (Å²) in [4.78, 5) is 0. The molecule has 0 amide bonds. The van der Waals surface area contributed by atoms with Gasteiger partial charge in [-0.2, -0.15) is 0 Å². The fourth-order valence-corrected chi connectivity index (χ4v) is 19.4. The van der Waals surface area contributed by atoms with Crippen molar-refractivity contribution in [2.45, 2.75) is 47.4 Å². The molecule has 5 heteroatoms. The van der Waals surface area contributed by atoms with E-state index in [0.717, 1.165) is 48.7 Å². The number of ether oxygens (including phenoxy) is 2. The molecule has 0 spiro atoms. The van der Waals surface area contributed by atoms with Gasteiger partial charge < -0.3 is 0 Å². The van der Waals surface area contributed by atoms with E-state index in [1.807, 2.05) is 0 Å². The standard InChI is InChI=1S/2C13H9O.2C4H9O.Sn/c2*1-3-7-12-10(5-1)9-11-6-2-4-8-13(11)14-12;2*1-2-3-4-5;/h2*1-9H;2*2-4H2,1H3;/q;;2*-1;+2. The normalized spacial score (nSPS) is 14.4. The average Bonchev–Trinajstić information content (AvgIpc) is 2.98. The van der Waals surface area contributed by atoms with E-state index in [-0.39, 0.29) is 7.87 Å². The van der Waals surface area contributed by atoms with Gasteiger partial charge in [-0.1, -0.05) is 0 Å². The Kier molecular flexibility index (Phi) is 7.96. The molecule has 0 fully saturated rings. The van der Waals surface area contributed by atoms with Crippen LogP contribution in [0.1, 0.15) is 69.7 Å². The van der Waals surface area contributed by atoms with E-state index in [1.165, 1.54) is 22.3 Å². The molecule has 2 aliphatic heterocycles. The molecule has 0 saturated heterocycles. The topological polar surface area (TPSA) is 36.9 Å². The van der Waals surface area contributed by atoms with E-state index in [0.29, 0.717) is 13.2 Å². The van der Waals surface area contributed by atoms with E-state index in [9.17, 15) is 0 Å². The molecule has 4 aromatic carbocycles. The molecule has 4 aromatic rings. The van der Waals surface area contributed by atoms with Gasteiger partial charge in [-0.25, -0.2) is 0 Å². The van der Waals surface area contributed by atoms with E-state index >= 15 is 0 Å². The van der Waals surface area contributed by atoms with Crippen molar-refractivity contribution in [1.29, 1.82) is 0 Å². The van der Waals surface area contributed by atoms with Crippen LogP contribution in [0.5, 0.6) is 23.0 Å². The van der Waals surface area contributed by atoms with Gasteiger partial charge in [0.2, 0.25) is 0 Å². The summed E-state index contributed by atoms with van der Waals surface area (Å²) in [7, 11) is 0. The first kappa shape index (κ1) is 26.4. The van der Waals surface area contributed by atoms with Gasteiger partial charge in [0, 0.05) is 0 Å². The number of unbranched alkanes of at least 4 members (excludes halogenated alkanes) is 2. The molecule has 0 radical (unpaired) electrons. The van der Waals surface area contributed by atoms with Crippen molar-refractivity contribution in [3.63, 3.8) is 0 Å². The molecule has 0 aromatic heterocycles. The van der Waals surface area contributed by atoms with Gasteiger partial charge in [0.25, 0.3) is 0 Å². The average molecular weight is 627 g/mol. The summed E-state index contributed by atoms with van der Waals surface area (Å²) < 4.78 is 27.7. The Hall–Kier alpha value is -2.80.